The molecule has 0 radical (unpaired) electrons. The normalized spacial score (nSPS) is 19.9. The van der Waals surface area contributed by atoms with Gasteiger partial charge in [0.05, 0.1) is 42.4 Å². The zero-order chi connectivity index (χ0) is 27.3. The Hall–Kier alpha value is -3.08. The maximum Gasteiger partial charge on any atom is 0.239 e. The van der Waals surface area contributed by atoms with Crippen LogP contribution in [0.5, 0.6) is 0 Å². The van der Waals surface area contributed by atoms with Crippen molar-refractivity contribution in [3.8, 4) is 5.95 Å². The third kappa shape index (κ3) is 4.79. The van der Waals surface area contributed by atoms with Crippen LogP contribution in [0, 0.1) is 5.92 Å². The number of rotatable bonds is 6. The highest BCUT2D eigenvalue weighted by Gasteiger charge is 2.32. The maximum atomic E-state index is 10.5. The summed E-state index contributed by atoms with van der Waals surface area (Å²) < 4.78 is 9.98. The molecule has 2 saturated heterocycles. The van der Waals surface area contributed by atoms with Gasteiger partial charge in [0.25, 0.3) is 0 Å². The van der Waals surface area contributed by atoms with Crippen molar-refractivity contribution in [3.05, 3.63) is 35.9 Å². The highest BCUT2D eigenvalue weighted by molar-refractivity contribution is 5.86. The third-order valence-corrected chi connectivity index (χ3v) is 8.52. The smallest absolute Gasteiger partial charge is 0.239 e. The van der Waals surface area contributed by atoms with E-state index in [4.69, 9.17) is 24.7 Å². The first-order chi connectivity index (χ1) is 18.7. The number of fused-ring (bicyclic) bond motifs is 2. The average molecular weight is 533 g/mol. The van der Waals surface area contributed by atoms with Crippen LogP contribution in [-0.2, 0) is 24.8 Å². The summed E-state index contributed by atoms with van der Waals surface area (Å²) in [6.45, 7) is 12.9. The largest absolute Gasteiger partial charge is 0.390 e. The lowest BCUT2D eigenvalue weighted by atomic mass is 9.83. The van der Waals surface area contributed by atoms with E-state index >= 15 is 0 Å². The van der Waals surface area contributed by atoms with Crippen molar-refractivity contribution in [2.75, 3.05) is 37.7 Å². The van der Waals surface area contributed by atoms with Gasteiger partial charge in [-0.1, -0.05) is 19.1 Å². The van der Waals surface area contributed by atoms with E-state index in [1.165, 1.54) is 0 Å². The van der Waals surface area contributed by atoms with Gasteiger partial charge in [0.1, 0.15) is 11.6 Å². The molecular weight excluding hydrogens is 492 g/mol. The molecule has 2 fully saturated rings. The van der Waals surface area contributed by atoms with Gasteiger partial charge in [-0.25, -0.2) is 9.97 Å². The summed E-state index contributed by atoms with van der Waals surface area (Å²) >= 11 is 0. The van der Waals surface area contributed by atoms with Crippen molar-refractivity contribution in [2.45, 2.75) is 65.1 Å². The number of morpholine rings is 1. The lowest BCUT2D eigenvalue weighted by Crippen LogP contribution is -2.44. The zero-order valence-electron chi connectivity index (χ0n) is 23.8. The second kappa shape index (κ2) is 10.1. The van der Waals surface area contributed by atoms with Crippen LogP contribution < -0.4 is 4.90 Å². The van der Waals surface area contributed by atoms with E-state index in [0.29, 0.717) is 25.1 Å². The van der Waals surface area contributed by atoms with Crippen molar-refractivity contribution < 1.29 is 9.84 Å². The Kier molecular flexibility index (Phi) is 6.81. The zero-order valence-corrected chi connectivity index (χ0v) is 23.8. The van der Waals surface area contributed by atoms with Gasteiger partial charge in [0.2, 0.25) is 5.95 Å². The number of benzene rings is 1. The lowest BCUT2D eigenvalue weighted by Gasteiger charge is -2.37. The molecule has 0 unspecified atom stereocenters. The molecular formula is C29H40N8O2. The molecule has 39 heavy (non-hydrogen) atoms. The number of aryl methyl sites for hydroxylation is 2. The average Bonchev–Trinajstić information content (AvgIpc) is 3.46. The number of anilines is 1. The molecule has 2 aliphatic heterocycles. The first kappa shape index (κ1) is 26.2. The second-order valence-corrected chi connectivity index (χ2v) is 11.6. The van der Waals surface area contributed by atoms with Crippen molar-refractivity contribution in [2.24, 2.45) is 13.0 Å². The standard InChI is InChI=1S/C29H40N8O2/c1-6-23-30-21-9-7-8-10-22(21)37(23)28-32-26-25(27(33-28)36-15-16-39-18-19(36)2)31-24(34(26)5)17-35-13-11-20(12-14-35)29(3,4)38/h7-10,19-20,38H,6,11-18H2,1-5H3/t19-/m0/s1. The molecule has 0 saturated carbocycles. The predicted octanol–water partition coefficient (Wildman–Crippen LogP) is 3.47. The molecule has 0 bridgehead atoms. The summed E-state index contributed by atoms with van der Waals surface area (Å²) in [4.78, 5) is 25.1. The Morgan fingerprint density at radius 2 is 1.79 bits per heavy atom. The number of ether oxygens (including phenoxy) is 1. The van der Waals surface area contributed by atoms with Crippen LogP contribution in [0.25, 0.3) is 28.1 Å². The number of para-hydroxylation sites is 2. The number of hydrogen-bond acceptors (Lipinski definition) is 8. The molecule has 10 nitrogen and oxygen atoms in total. The summed E-state index contributed by atoms with van der Waals surface area (Å²) in [6.07, 6.45) is 2.75. The van der Waals surface area contributed by atoms with Crippen molar-refractivity contribution in [3.63, 3.8) is 0 Å². The molecule has 5 heterocycles. The molecule has 0 amide bonds. The van der Waals surface area contributed by atoms with Crippen LogP contribution in [0.3, 0.4) is 0 Å². The first-order valence-electron chi connectivity index (χ1n) is 14.2. The van der Waals surface area contributed by atoms with E-state index < -0.39 is 5.60 Å². The van der Waals surface area contributed by atoms with E-state index in [0.717, 1.165) is 85.1 Å². The monoisotopic (exact) mass is 532 g/mol. The number of imidazole rings is 2. The Morgan fingerprint density at radius 3 is 2.51 bits per heavy atom. The fourth-order valence-corrected chi connectivity index (χ4v) is 6.10. The first-order valence-corrected chi connectivity index (χ1v) is 14.2. The quantitative estimate of drug-likeness (QED) is 0.403. The van der Waals surface area contributed by atoms with Crippen molar-refractivity contribution in [1.82, 2.24) is 34.0 Å². The summed E-state index contributed by atoms with van der Waals surface area (Å²) in [5.74, 6) is 3.73. The lowest BCUT2D eigenvalue weighted by molar-refractivity contribution is -0.0139. The minimum absolute atomic E-state index is 0.182. The number of piperidine rings is 1. The van der Waals surface area contributed by atoms with Gasteiger partial charge >= 0.3 is 0 Å². The van der Waals surface area contributed by atoms with Gasteiger partial charge < -0.3 is 19.3 Å². The summed E-state index contributed by atoms with van der Waals surface area (Å²) in [6, 6.07) is 8.35. The third-order valence-electron chi connectivity index (χ3n) is 8.52. The minimum Gasteiger partial charge on any atom is -0.390 e. The van der Waals surface area contributed by atoms with Crippen molar-refractivity contribution in [1.29, 1.82) is 0 Å². The molecule has 10 heteroatoms. The maximum absolute atomic E-state index is 10.5. The molecule has 2 aliphatic rings. The highest BCUT2D eigenvalue weighted by Crippen LogP contribution is 2.31. The Labute approximate surface area is 229 Å². The fraction of sp³-hybridized carbons (Fsp3) is 0.586. The van der Waals surface area contributed by atoms with E-state index in [1.54, 1.807) is 0 Å². The van der Waals surface area contributed by atoms with Gasteiger partial charge in [-0.2, -0.15) is 9.97 Å². The van der Waals surface area contributed by atoms with Gasteiger partial charge in [-0.3, -0.25) is 9.47 Å². The molecule has 3 aromatic heterocycles. The SMILES string of the molecule is CCc1nc2ccccc2n1-c1nc(N2CCOC[C@@H]2C)c2nc(CN3CCC(C(C)(C)O)CC3)n(C)c2n1. The predicted molar refractivity (Wildman–Crippen MR) is 152 cm³/mol. The Balaban J connectivity index is 1.44. The van der Waals surface area contributed by atoms with Gasteiger partial charge in [-0.15, -0.1) is 0 Å². The molecule has 208 valence electrons. The minimum atomic E-state index is -0.630. The molecule has 0 spiro atoms. The summed E-state index contributed by atoms with van der Waals surface area (Å²) in [5, 5.41) is 10.5. The van der Waals surface area contributed by atoms with E-state index in [2.05, 4.69) is 45.9 Å². The number of likely N-dealkylation sites (tertiary alicyclic amines) is 1. The van der Waals surface area contributed by atoms with Crippen molar-refractivity contribution >= 4 is 28.0 Å². The van der Waals surface area contributed by atoms with Crippen LogP contribution in [0.1, 0.15) is 52.2 Å². The fourth-order valence-electron chi connectivity index (χ4n) is 6.10. The van der Waals surface area contributed by atoms with Crippen LogP contribution >= 0.6 is 0 Å². The number of aliphatic hydroxyl groups is 1. The molecule has 1 N–H and O–H groups in total. The van der Waals surface area contributed by atoms with Crippen LogP contribution in [-0.4, -0.2) is 83.6 Å². The molecule has 1 atom stereocenters. The van der Waals surface area contributed by atoms with Gasteiger partial charge in [0.15, 0.2) is 17.0 Å². The Bertz CT molecular complexity index is 1480. The second-order valence-electron chi connectivity index (χ2n) is 11.6. The van der Waals surface area contributed by atoms with Crippen LogP contribution in [0.4, 0.5) is 5.82 Å². The van der Waals surface area contributed by atoms with Crippen LogP contribution in [0.15, 0.2) is 24.3 Å². The molecule has 0 aliphatic carbocycles. The van der Waals surface area contributed by atoms with E-state index in [-0.39, 0.29) is 6.04 Å². The van der Waals surface area contributed by atoms with Gasteiger partial charge in [-0.05, 0) is 64.8 Å². The molecule has 1 aromatic carbocycles. The van der Waals surface area contributed by atoms with E-state index in [9.17, 15) is 5.11 Å². The molecule has 6 rings (SSSR count). The number of nitrogens with zero attached hydrogens (tertiary/aromatic N) is 8. The molecule has 4 aromatic rings. The van der Waals surface area contributed by atoms with E-state index in [1.807, 2.05) is 32.0 Å². The van der Waals surface area contributed by atoms with Crippen LogP contribution in [0.2, 0.25) is 0 Å². The van der Waals surface area contributed by atoms with Gasteiger partial charge in [0, 0.05) is 20.0 Å². The Morgan fingerprint density at radius 1 is 1.03 bits per heavy atom. The number of aromatic nitrogens is 6. The summed E-state index contributed by atoms with van der Waals surface area (Å²) in [7, 11) is 2.06. The topological polar surface area (TPSA) is 97.4 Å². The highest BCUT2D eigenvalue weighted by atomic mass is 16.5. The number of hydrogen-bond donors (Lipinski definition) is 1. The summed E-state index contributed by atoms with van der Waals surface area (Å²) in [5.41, 5.74) is 2.98.